The fourth-order valence-corrected chi connectivity index (χ4v) is 2.61. The third-order valence-electron chi connectivity index (χ3n) is 4.00. The Morgan fingerprint density at radius 1 is 1.13 bits per heavy atom. The molecule has 0 unspecified atom stereocenters. The first-order valence-electron chi connectivity index (χ1n) is 8.66. The van der Waals surface area contributed by atoms with Gasteiger partial charge in [-0.3, -0.25) is 14.6 Å². The Hall–Kier alpha value is -3.95. The number of allylic oxidation sites excluding steroid dienone is 1. The van der Waals surface area contributed by atoms with E-state index in [-0.39, 0.29) is 11.3 Å². The number of halogens is 3. The number of benzene rings is 2. The maximum absolute atomic E-state index is 12.0. The van der Waals surface area contributed by atoms with Crippen LogP contribution in [-0.2, 0) is 4.79 Å². The Kier molecular flexibility index (Phi) is 5.95. The van der Waals surface area contributed by atoms with Crippen molar-refractivity contribution in [1.82, 2.24) is 10.2 Å². The number of aromatic amines is 1. The number of nitrogens with two attached hydrogens (primary N) is 1. The predicted molar refractivity (Wildman–Crippen MR) is 108 cm³/mol. The van der Waals surface area contributed by atoms with Crippen molar-refractivity contribution in [3.8, 4) is 11.3 Å². The van der Waals surface area contributed by atoms with Crippen LogP contribution in [0.1, 0.15) is 0 Å². The van der Waals surface area contributed by atoms with Crippen LogP contribution in [0.4, 0.5) is 18.9 Å². The molecular weight excluding hydrogens is 399 g/mol. The molecule has 0 aliphatic rings. The molecule has 2 aromatic carbocycles. The van der Waals surface area contributed by atoms with E-state index in [0.717, 1.165) is 12.3 Å². The lowest BCUT2D eigenvalue weighted by Crippen LogP contribution is -2.20. The summed E-state index contributed by atoms with van der Waals surface area (Å²) in [6.07, 6.45) is -2.60. The molecule has 1 aromatic heterocycles. The van der Waals surface area contributed by atoms with Crippen molar-refractivity contribution in [3.05, 3.63) is 70.7 Å². The van der Waals surface area contributed by atoms with Gasteiger partial charge >= 0.3 is 6.18 Å². The number of aliphatic imine (C=N–C) groups is 1. The third-order valence-corrected chi connectivity index (χ3v) is 4.00. The van der Waals surface area contributed by atoms with Gasteiger partial charge in [-0.25, -0.2) is 5.10 Å². The van der Waals surface area contributed by atoms with Crippen LogP contribution in [0.3, 0.4) is 0 Å². The first-order valence-corrected chi connectivity index (χ1v) is 8.66. The smallest absolute Gasteiger partial charge is 0.394 e. The zero-order valence-corrected chi connectivity index (χ0v) is 15.4. The molecule has 0 saturated heterocycles. The van der Waals surface area contributed by atoms with E-state index >= 15 is 0 Å². The van der Waals surface area contributed by atoms with Crippen LogP contribution in [-0.4, -0.2) is 35.0 Å². The van der Waals surface area contributed by atoms with Crippen LogP contribution in [0.2, 0.25) is 0 Å². The number of alkyl halides is 3. The number of anilines is 1. The van der Waals surface area contributed by atoms with Gasteiger partial charge in [-0.1, -0.05) is 30.3 Å². The van der Waals surface area contributed by atoms with Crippen molar-refractivity contribution < 1.29 is 18.0 Å². The second kappa shape index (κ2) is 8.60. The molecule has 0 fully saturated rings. The van der Waals surface area contributed by atoms with Gasteiger partial charge in [-0.15, -0.1) is 0 Å². The van der Waals surface area contributed by atoms with Crippen molar-refractivity contribution in [2.45, 2.75) is 6.18 Å². The molecule has 154 valence electrons. The average molecular weight is 415 g/mol. The predicted octanol–water partition coefficient (Wildman–Crippen LogP) is 3.00. The van der Waals surface area contributed by atoms with Gasteiger partial charge < -0.3 is 11.1 Å². The molecule has 7 nitrogen and oxygen atoms in total. The van der Waals surface area contributed by atoms with Crippen LogP contribution >= 0.6 is 0 Å². The molecule has 4 N–H and O–H groups in total. The number of nitrogens with one attached hydrogen (secondary N) is 2. The van der Waals surface area contributed by atoms with Crippen LogP contribution in [0, 0.1) is 0 Å². The fraction of sp³-hybridized carbons (Fsp3) is 0.100. The molecule has 0 radical (unpaired) electrons. The molecule has 3 aromatic rings. The van der Waals surface area contributed by atoms with E-state index in [9.17, 15) is 22.8 Å². The average Bonchev–Trinajstić information content (AvgIpc) is 2.71. The Balaban J connectivity index is 1.73. The number of carbonyl (C=O) groups is 1. The highest BCUT2D eigenvalue weighted by Crippen LogP contribution is 2.25. The number of amides is 1. The van der Waals surface area contributed by atoms with Crippen LogP contribution in [0.25, 0.3) is 22.0 Å². The van der Waals surface area contributed by atoms with E-state index in [1.165, 1.54) is 0 Å². The van der Waals surface area contributed by atoms with Gasteiger partial charge in [-0.05, 0) is 24.3 Å². The number of hydrogen-bond acceptors (Lipinski definition) is 5. The van der Waals surface area contributed by atoms with E-state index in [1.54, 1.807) is 48.5 Å². The van der Waals surface area contributed by atoms with Crippen molar-refractivity contribution in [1.29, 1.82) is 0 Å². The molecule has 0 aliphatic carbocycles. The summed E-state index contributed by atoms with van der Waals surface area (Å²) in [6.45, 7) is -1.35. The number of H-pyrrole nitrogens is 1. The molecule has 0 atom stereocenters. The zero-order chi connectivity index (χ0) is 21.7. The summed E-state index contributed by atoms with van der Waals surface area (Å²) in [5.41, 5.74) is 6.66. The van der Waals surface area contributed by atoms with Gasteiger partial charge in [0.25, 0.3) is 11.5 Å². The summed E-state index contributed by atoms with van der Waals surface area (Å²) < 4.78 is 36.1. The maximum Gasteiger partial charge on any atom is 0.407 e. The molecule has 3 rings (SSSR count). The Morgan fingerprint density at radius 2 is 1.80 bits per heavy atom. The van der Waals surface area contributed by atoms with Gasteiger partial charge in [0.05, 0.1) is 16.8 Å². The molecule has 0 aliphatic heterocycles. The quantitative estimate of drug-likeness (QED) is 0.439. The van der Waals surface area contributed by atoms with E-state index in [4.69, 9.17) is 5.73 Å². The second-order valence-corrected chi connectivity index (χ2v) is 6.21. The van der Waals surface area contributed by atoms with E-state index in [2.05, 4.69) is 20.5 Å². The van der Waals surface area contributed by atoms with Gasteiger partial charge in [-0.2, -0.15) is 18.3 Å². The van der Waals surface area contributed by atoms with Crippen LogP contribution < -0.4 is 16.6 Å². The topological polar surface area (TPSA) is 113 Å². The maximum atomic E-state index is 12.0. The highest BCUT2D eigenvalue weighted by atomic mass is 19.4. The summed E-state index contributed by atoms with van der Waals surface area (Å²) in [7, 11) is 0. The third kappa shape index (κ3) is 5.10. The minimum absolute atomic E-state index is 0.292. The number of rotatable bonds is 5. The number of fused-ring (bicyclic) bond motifs is 1. The Bertz CT molecular complexity index is 1180. The molecule has 0 bridgehead atoms. The number of nitrogens with zero attached hydrogens (tertiary/aromatic N) is 2. The van der Waals surface area contributed by atoms with E-state index < -0.39 is 18.6 Å². The van der Waals surface area contributed by atoms with Gasteiger partial charge in [0.1, 0.15) is 6.54 Å². The second-order valence-electron chi connectivity index (χ2n) is 6.21. The summed E-state index contributed by atoms with van der Waals surface area (Å²) in [4.78, 5) is 27.1. The van der Waals surface area contributed by atoms with Crippen molar-refractivity contribution in [2.75, 3.05) is 11.9 Å². The fourth-order valence-electron chi connectivity index (χ4n) is 2.61. The summed E-state index contributed by atoms with van der Waals surface area (Å²) in [6, 6.07) is 13.7. The first kappa shape index (κ1) is 20.8. The minimum atomic E-state index is -4.42. The monoisotopic (exact) mass is 415 g/mol. The number of carbonyl (C=O) groups excluding carboxylic acids is 1. The van der Waals surface area contributed by atoms with Crippen molar-refractivity contribution in [3.63, 3.8) is 0 Å². The van der Waals surface area contributed by atoms with Gasteiger partial charge in [0.15, 0.2) is 0 Å². The van der Waals surface area contributed by atoms with Crippen molar-refractivity contribution >= 4 is 28.6 Å². The lowest BCUT2D eigenvalue weighted by atomic mass is 10.0. The summed E-state index contributed by atoms with van der Waals surface area (Å²) in [5.74, 6) is -0.686. The molecule has 0 spiro atoms. The molecule has 0 saturated carbocycles. The largest absolute Gasteiger partial charge is 0.407 e. The van der Waals surface area contributed by atoms with Crippen LogP contribution in [0.15, 0.2) is 70.1 Å². The molecular formula is C20H16F3N5O2. The zero-order valence-electron chi connectivity index (χ0n) is 15.4. The van der Waals surface area contributed by atoms with Crippen LogP contribution in [0.5, 0.6) is 0 Å². The Morgan fingerprint density at radius 3 is 2.47 bits per heavy atom. The van der Waals surface area contributed by atoms with Gasteiger partial charge in [0, 0.05) is 22.9 Å². The SMILES string of the molecule is NC(=CC=NCC(F)(F)F)C(=O)Nc1ccc(-c2n[nH]c(=O)c3ccccc23)cc1. The highest BCUT2D eigenvalue weighted by Gasteiger charge is 2.25. The number of aromatic nitrogens is 2. The van der Waals surface area contributed by atoms with Gasteiger partial charge in [0.2, 0.25) is 0 Å². The standard InChI is InChI=1S/C20H16F3N5O2/c21-20(22,23)11-25-10-9-16(24)19(30)26-13-7-5-12(6-8-13)17-14-3-1-2-4-15(14)18(29)28-27-17/h1-10H,11,24H2,(H,26,30)(H,28,29). The molecule has 1 amide bonds. The number of hydrogen-bond donors (Lipinski definition) is 3. The lowest BCUT2D eigenvalue weighted by molar-refractivity contribution is -0.118. The normalized spacial score (nSPS) is 12.4. The van der Waals surface area contributed by atoms with E-state index in [1.807, 2.05) is 0 Å². The Labute approximate surface area is 168 Å². The first-order chi connectivity index (χ1) is 14.2. The van der Waals surface area contributed by atoms with Crippen molar-refractivity contribution in [2.24, 2.45) is 10.7 Å². The molecule has 10 heteroatoms. The molecule has 30 heavy (non-hydrogen) atoms. The highest BCUT2D eigenvalue weighted by molar-refractivity contribution is 6.05. The minimum Gasteiger partial charge on any atom is -0.394 e. The summed E-state index contributed by atoms with van der Waals surface area (Å²) >= 11 is 0. The lowest BCUT2D eigenvalue weighted by Gasteiger charge is -2.08. The molecule has 1 heterocycles. The van der Waals surface area contributed by atoms with E-state index in [0.29, 0.717) is 27.7 Å². The summed E-state index contributed by atoms with van der Waals surface area (Å²) in [5, 5.41) is 10.3.